The Balaban J connectivity index is -0.000000108. The van der Waals surface area contributed by atoms with E-state index in [0.29, 0.717) is 0 Å². The Morgan fingerprint density at radius 2 is 1.24 bits per heavy atom. The van der Waals surface area contributed by atoms with Gasteiger partial charge >= 0.3 is 88.7 Å². The van der Waals surface area contributed by atoms with Crippen molar-refractivity contribution in [2.24, 2.45) is 0 Å². The first-order valence-corrected chi connectivity index (χ1v) is 5.86. The molecule has 0 atom stereocenters. The van der Waals surface area contributed by atoms with Gasteiger partial charge in [-0.15, -0.1) is 0 Å². The van der Waals surface area contributed by atoms with Crippen molar-refractivity contribution < 1.29 is 116 Å². The van der Waals surface area contributed by atoms with Crippen LogP contribution in [0.2, 0.25) is 0 Å². The van der Waals surface area contributed by atoms with E-state index in [2.05, 4.69) is 0 Å². The normalized spacial score (nSPS) is 8.06. The molecule has 17 heavy (non-hydrogen) atoms. The van der Waals surface area contributed by atoms with Crippen LogP contribution in [0.5, 0.6) is 0 Å². The van der Waals surface area contributed by atoms with E-state index in [0.717, 1.165) is 0 Å². The molecule has 0 amide bonds. The van der Waals surface area contributed by atoms with E-state index < -0.39 is 19.3 Å². The Morgan fingerprint density at radius 3 is 1.41 bits per heavy atom. The van der Waals surface area contributed by atoms with Crippen LogP contribution in [0.3, 0.4) is 0 Å². The summed E-state index contributed by atoms with van der Waals surface area (Å²) in [6.07, 6.45) is 0. The maximum absolute atomic E-state index is 10.3. The van der Waals surface area contributed by atoms with Crippen molar-refractivity contribution in [2.75, 3.05) is 0 Å². The Morgan fingerprint density at radius 1 is 0.941 bits per heavy atom. The molecule has 6 nitrogen and oxygen atoms in total. The SMILES string of the molecule is O=S(=O)([O-])c1ccccc1.O=[Si]([O-])[O-].[Na+].[Na+].[Na+]. The summed E-state index contributed by atoms with van der Waals surface area (Å²) < 4.78 is 39.4. The second-order valence-electron chi connectivity index (χ2n) is 2.02. The predicted molar refractivity (Wildman–Crippen MR) is 40.8 cm³/mol. The predicted octanol–water partition coefficient (Wildman–Crippen LogP) is -11.3. The largest absolute Gasteiger partial charge is 1.00 e. The molecule has 0 saturated heterocycles. The van der Waals surface area contributed by atoms with Crippen LogP contribution in [0, 0.1) is 0 Å². The molecule has 0 bridgehead atoms. The van der Waals surface area contributed by atoms with Crippen LogP contribution in [0.1, 0.15) is 0 Å². The van der Waals surface area contributed by atoms with Gasteiger partial charge in [0.05, 0.1) is 4.90 Å². The topological polar surface area (TPSA) is 120 Å². The number of benzene rings is 1. The molecule has 0 N–H and O–H groups in total. The molecule has 0 aliphatic heterocycles. The average Bonchev–Trinajstić information content (AvgIpc) is 2.03. The molecule has 1 rings (SSSR count). The molecule has 1 aromatic rings. The Bertz CT molecular complexity index is 393. The van der Waals surface area contributed by atoms with Gasteiger partial charge in [-0.05, 0) is 12.1 Å². The van der Waals surface area contributed by atoms with Crippen LogP contribution in [-0.4, -0.2) is 22.1 Å². The zero-order valence-electron chi connectivity index (χ0n) is 9.74. The summed E-state index contributed by atoms with van der Waals surface area (Å²) in [6, 6.07) is 7.19. The molecule has 0 fully saturated rings. The summed E-state index contributed by atoms with van der Waals surface area (Å²) in [4.78, 5) is 16.9. The van der Waals surface area contributed by atoms with Crippen molar-refractivity contribution in [3.05, 3.63) is 30.3 Å². The second-order valence-corrected chi connectivity index (χ2v) is 3.90. The Hall–Kier alpha value is 1.75. The quantitative estimate of drug-likeness (QED) is 0.375. The summed E-state index contributed by atoms with van der Waals surface area (Å²) in [5.41, 5.74) is 0. The number of hydrogen-bond acceptors (Lipinski definition) is 6. The third-order valence-electron chi connectivity index (χ3n) is 1.03. The minimum Gasteiger partial charge on any atom is -0.744 e. The van der Waals surface area contributed by atoms with E-state index >= 15 is 0 Å². The van der Waals surface area contributed by atoms with Gasteiger partial charge in [0.2, 0.25) is 0 Å². The average molecular weight is 302 g/mol. The number of rotatable bonds is 1. The second kappa shape index (κ2) is 14.2. The van der Waals surface area contributed by atoms with Crippen LogP contribution in [-0.2, 0) is 14.6 Å². The van der Waals surface area contributed by atoms with Gasteiger partial charge in [0.25, 0.3) is 0 Å². The van der Waals surface area contributed by atoms with Crippen molar-refractivity contribution >= 4 is 19.3 Å². The molecule has 1 aromatic carbocycles. The van der Waals surface area contributed by atoms with Gasteiger partial charge in [-0.1, -0.05) is 18.2 Å². The van der Waals surface area contributed by atoms with E-state index in [-0.39, 0.29) is 93.6 Å². The molecule has 0 spiro atoms. The Kier molecular flexibility index (Phi) is 22.6. The minimum absolute atomic E-state index is 0. The van der Waals surface area contributed by atoms with Crippen LogP contribution < -0.4 is 98.3 Å². The summed E-state index contributed by atoms with van der Waals surface area (Å²) >= 11 is 0. The van der Waals surface area contributed by atoms with E-state index in [1.165, 1.54) is 24.3 Å². The molecule has 78 valence electrons. The first-order valence-electron chi connectivity index (χ1n) is 3.23. The van der Waals surface area contributed by atoms with Gasteiger partial charge < -0.3 is 18.6 Å². The summed E-state index contributed by atoms with van der Waals surface area (Å²) in [6.45, 7) is 0. The van der Waals surface area contributed by atoms with Gasteiger partial charge in [0.1, 0.15) is 10.1 Å². The molecular formula is C6H5Na3O6SSi. The fourth-order valence-electron chi connectivity index (χ4n) is 0.587. The summed E-state index contributed by atoms with van der Waals surface area (Å²) in [5, 5.41) is 0. The van der Waals surface area contributed by atoms with E-state index in [4.69, 9.17) is 14.1 Å². The molecule has 0 aliphatic carbocycles. The van der Waals surface area contributed by atoms with Crippen LogP contribution in [0.15, 0.2) is 35.2 Å². The van der Waals surface area contributed by atoms with Crippen molar-refractivity contribution in [1.29, 1.82) is 0 Å². The number of hydrogen-bond donors (Lipinski definition) is 0. The monoisotopic (exact) mass is 302 g/mol. The van der Waals surface area contributed by atoms with Crippen molar-refractivity contribution in [1.82, 2.24) is 0 Å². The van der Waals surface area contributed by atoms with E-state index in [9.17, 15) is 13.0 Å². The summed E-state index contributed by atoms with van der Waals surface area (Å²) in [5.74, 6) is 0. The first-order chi connectivity index (χ1) is 6.34. The van der Waals surface area contributed by atoms with Crippen molar-refractivity contribution in [3.63, 3.8) is 0 Å². The van der Waals surface area contributed by atoms with Crippen LogP contribution in [0.25, 0.3) is 0 Å². The molecule has 11 heteroatoms. The van der Waals surface area contributed by atoms with E-state index in [1.54, 1.807) is 6.07 Å². The molecule has 0 heterocycles. The third kappa shape index (κ3) is 17.7. The minimum atomic E-state index is -4.25. The smallest absolute Gasteiger partial charge is 0.744 e. The van der Waals surface area contributed by atoms with Gasteiger partial charge in [0, 0.05) is 9.17 Å². The zero-order valence-corrected chi connectivity index (χ0v) is 17.6. The maximum atomic E-state index is 10.3. The molecule has 0 unspecified atom stereocenters. The zero-order chi connectivity index (χ0) is 11.2. The third-order valence-corrected chi connectivity index (χ3v) is 1.88. The molecule has 0 radical (unpaired) electrons. The van der Waals surface area contributed by atoms with Gasteiger partial charge in [-0.25, -0.2) is 8.42 Å². The van der Waals surface area contributed by atoms with Gasteiger partial charge in [-0.2, -0.15) is 0 Å². The molecule has 0 saturated carbocycles. The fourth-order valence-corrected chi connectivity index (χ4v) is 1.08. The first kappa shape index (κ1) is 27.2. The van der Waals surface area contributed by atoms with Crippen molar-refractivity contribution in [2.45, 2.75) is 4.90 Å². The standard InChI is InChI=1S/C6H6O3S.3Na.O3Si/c7-10(8,9)6-4-2-1-3-5-6;;;;1-4(2)3/h1-5H,(H,7,8,9);;;;/q;3*+1;-2/p-1. The Labute approximate surface area is 167 Å². The van der Waals surface area contributed by atoms with Crippen LogP contribution >= 0.6 is 0 Å². The van der Waals surface area contributed by atoms with Crippen LogP contribution in [0.4, 0.5) is 0 Å². The van der Waals surface area contributed by atoms with Crippen molar-refractivity contribution in [3.8, 4) is 0 Å². The molecular weight excluding hydrogens is 297 g/mol. The fraction of sp³-hybridized carbons (Fsp3) is 0. The van der Waals surface area contributed by atoms with Gasteiger partial charge in [0.15, 0.2) is 0 Å². The van der Waals surface area contributed by atoms with E-state index in [1.807, 2.05) is 0 Å². The molecule has 0 aromatic heterocycles. The maximum Gasteiger partial charge on any atom is 1.00 e. The van der Waals surface area contributed by atoms with Gasteiger partial charge in [-0.3, -0.25) is 0 Å². The summed E-state index contributed by atoms with van der Waals surface area (Å²) in [7, 11) is -7.88. The molecule has 0 aliphatic rings.